The molecule has 0 aliphatic rings. The van der Waals surface area contributed by atoms with Gasteiger partial charge in [-0.1, -0.05) is 13.8 Å². The van der Waals surface area contributed by atoms with Gasteiger partial charge < -0.3 is 9.88 Å². The highest BCUT2D eigenvalue weighted by Gasteiger charge is 2.01. The molecule has 98 valence electrons. The Kier molecular flexibility index (Phi) is 4.59. The number of nitrogens with zero attached hydrogens (tertiary/aromatic N) is 3. The number of nitrogens with one attached hydrogen (secondary N) is 1. The molecule has 0 saturated carbocycles. The predicted octanol–water partition coefficient (Wildman–Crippen LogP) is 2.13. The van der Waals surface area contributed by atoms with Crippen LogP contribution in [0.1, 0.15) is 19.5 Å². The molecule has 2 aromatic heterocycles. The Labute approximate surface area is 109 Å². The maximum absolute atomic E-state index is 4.22. The van der Waals surface area contributed by atoms with Crippen LogP contribution in [0, 0.1) is 5.92 Å². The maximum atomic E-state index is 4.22. The third-order valence-electron chi connectivity index (χ3n) is 2.91. The minimum atomic E-state index is 0.692. The molecule has 0 fully saturated rings. The van der Waals surface area contributed by atoms with Gasteiger partial charge in [0, 0.05) is 37.4 Å². The molecule has 4 nitrogen and oxygen atoms in total. The van der Waals surface area contributed by atoms with Crippen LogP contribution in [-0.2, 0) is 19.6 Å². The van der Waals surface area contributed by atoms with E-state index >= 15 is 0 Å². The third-order valence-corrected chi connectivity index (χ3v) is 2.91. The van der Waals surface area contributed by atoms with E-state index in [-0.39, 0.29) is 0 Å². The fourth-order valence-electron chi connectivity index (χ4n) is 1.96. The number of hydrogen-bond donors (Lipinski definition) is 1. The SMILES string of the molecule is CC(C)CNCc1cccn1CCn1cccn1. The average molecular weight is 246 g/mol. The molecule has 2 rings (SSSR count). The molecular weight excluding hydrogens is 224 g/mol. The quantitative estimate of drug-likeness (QED) is 0.812. The number of aryl methyl sites for hydroxylation is 2. The molecule has 0 aromatic carbocycles. The van der Waals surface area contributed by atoms with Crippen LogP contribution in [0.25, 0.3) is 0 Å². The third kappa shape index (κ3) is 3.74. The van der Waals surface area contributed by atoms with Crippen molar-refractivity contribution >= 4 is 0 Å². The van der Waals surface area contributed by atoms with Crippen molar-refractivity contribution in [2.24, 2.45) is 5.92 Å². The lowest BCUT2D eigenvalue weighted by Crippen LogP contribution is -2.21. The first-order valence-corrected chi connectivity index (χ1v) is 6.58. The van der Waals surface area contributed by atoms with Gasteiger partial charge in [0.15, 0.2) is 0 Å². The Bertz CT molecular complexity index is 442. The molecule has 0 unspecified atom stereocenters. The van der Waals surface area contributed by atoms with Crippen LogP contribution in [0.15, 0.2) is 36.8 Å². The smallest absolute Gasteiger partial charge is 0.0588 e. The van der Waals surface area contributed by atoms with E-state index in [0.29, 0.717) is 5.92 Å². The van der Waals surface area contributed by atoms with Crippen molar-refractivity contribution in [1.82, 2.24) is 19.7 Å². The summed E-state index contributed by atoms with van der Waals surface area (Å²) in [4.78, 5) is 0. The van der Waals surface area contributed by atoms with Gasteiger partial charge in [-0.05, 0) is 30.7 Å². The topological polar surface area (TPSA) is 34.8 Å². The number of aromatic nitrogens is 3. The van der Waals surface area contributed by atoms with Gasteiger partial charge in [-0.3, -0.25) is 4.68 Å². The Morgan fingerprint density at radius 1 is 1.22 bits per heavy atom. The first-order chi connectivity index (χ1) is 8.75. The van der Waals surface area contributed by atoms with Crippen molar-refractivity contribution in [3.63, 3.8) is 0 Å². The van der Waals surface area contributed by atoms with Gasteiger partial charge in [-0.15, -0.1) is 0 Å². The largest absolute Gasteiger partial charge is 0.348 e. The summed E-state index contributed by atoms with van der Waals surface area (Å²) in [7, 11) is 0. The molecule has 1 N–H and O–H groups in total. The van der Waals surface area contributed by atoms with Crippen molar-refractivity contribution in [3.8, 4) is 0 Å². The van der Waals surface area contributed by atoms with Gasteiger partial charge in [0.05, 0.1) is 6.54 Å². The Hall–Kier alpha value is -1.55. The van der Waals surface area contributed by atoms with Gasteiger partial charge in [0.1, 0.15) is 0 Å². The zero-order chi connectivity index (χ0) is 12.8. The van der Waals surface area contributed by atoms with Crippen molar-refractivity contribution in [1.29, 1.82) is 0 Å². The lowest BCUT2D eigenvalue weighted by atomic mass is 10.2. The molecule has 2 heterocycles. The van der Waals surface area contributed by atoms with Gasteiger partial charge in [-0.2, -0.15) is 5.10 Å². The van der Waals surface area contributed by atoms with Crippen LogP contribution < -0.4 is 5.32 Å². The zero-order valence-corrected chi connectivity index (χ0v) is 11.2. The van der Waals surface area contributed by atoms with Crippen LogP contribution >= 0.6 is 0 Å². The fraction of sp³-hybridized carbons (Fsp3) is 0.500. The van der Waals surface area contributed by atoms with Crippen LogP contribution in [-0.4, -0.2) is 20.9 Å². The molecule has 2 aromatic rings. The number of hydrogen-bond acceptors (Lipinski definition) is 2. The van der Waals surface area contributed by atoms with Gasteiger partial charge >= 0.3 is 0 Å². The van der Waals surface area contributed by atoms with Crippen molar-refractivity contribution < 1.29 is 0 Å². The van der Waals surface area contributed by atoms with Crippen molar-refractivity contribution in [2.45, 2.75) is 33.5 Å². The summed E-state index contributed by atoms with van der Waals surface area (Å²) in [6.45, 7) is 8.33. The van der Waals surface area contributed by atoms with Crippen molar-refractivity contribution in [3.05, 3.63) is 42.5 Å². The van der Waals surface area contributed by atoms with E-state index in [9.17, 15) is 0 Å². The van der Waals surface area contributed by atoms with E-state index < -0.39 is 0 Å². The lowest BCUT2D eigenvalue weighted by Gasteiger charge is -2.11. The zero-order valence-electron chi connectivity index (χ0n) is 11.2. The van der Waals surface area contributed by atoms with E-state index in [1.54, 1.807) is 0 Å². The van der Waals surface area contributed by atoms with Crippen LogP contribution in [0.4, 0.5) is 0 Å². The normalized spacial score (nSPS) is 11.3. The highest BCUT2D eigenvalue weighted by atomic mass is 15.3. The number of rotatable bonds is 7. The molecule has 18 heavy (non-hydrogen) atoms. The van der Waals surface area contributed by atoms with Crippen molar-refractivity contribution in [2.75, 3.05) is 6.54 Å². The first-order valence-electron chi connectivity index (χ1n) is 6.58. The average Bonchev–Trinajstić information content (AvgIpc) is 2.96. The molecule has 4 heteroatoms. The molecule has 0 bridgehead atoms. The molecule has 0 radical (unpaired) electrons. The summed E-state index contributed by atoms with van der Waals surface area (Å²) in [6, 6.07) is 6.24. The Morgan fingerprint density at radius 2 is 2.11 bits per heavy atom. The van der Waals surface area contributed by atoms with E-state index in [2.05, 4.69) is 47.2 Å². The summed E-state index contributed by atoms with van der Waals surface area (Å²) in [5.74, 6) is 0.692. The van der Waals surface area contributed by atoms with E-state index in [1.165, 1.54) is 5.69 Å². The van der Waals surface area contributed by atoms with Crippen LogP contribution in [0.5, 0.6) is 0 Å². The van der Waals surface area contributed by atoms with Gasteiger partial charge in [0.25, 0.3) is 0 Å². The summed E-state index contributed by atoms with van der Waals surface area (Å²) < 4.78 is 4.25. The second kappa shape index (κ2) is 6.40. The molecule has 0 spiro atoms. The second-order valence-corrected chi connectivity index (χ2v) is 4.99. The highest BCUT2D eigenvalue weighted by Crippen LogP contribution is 2.03. The standard InChI is InChI=1S/C14H22N4/c1-13(2)11-15-12-14-5-3-7-17(14)9-10-18-8-4-6-16-18/h3-8,13,15H,9-12H2,1-2H3. The van der Waals surface area contributed by atoms with E-state index in [0.717, 1.165) is 26.2 Å². The van der Waals surface area contributed by atoms with E-state index in [4.69, 9.17) is 0 Å². The molecule has 0 amide bonds. The summed E-state index contributed by atoms with van der Waals surface area (Å²) in [6.07, 6.45) is 5.96. The Morgan fingerprint density at radius 3 is 2.83 bits per heavy atom. The second-order valence-electron chi connectivity index (χ2n) is 4.99. The summed E-state index contributed by atoms with van der Waals surface area (Å²) in [5, 5.41) is 7.70. The van der Waals surface area contributed by atoms with Crippen LogP contribution in [0.2, 0.25) is 0 Å². The molecule has 0 aliphatic heterocycles. The summed E-state index contributed by atoms with van der Waals surface area (Å²) in [5.41, 5.74) is 1.34. The van der Waals surface area contributed by atoms with Gasteiger partial charge in [-0.25, -0.2) is 0 Å². The minimum Gasteiger partial charge on any atom is -0.348 e. The lowest BCUT2D eigenvalue weighted by molar-refractivity contribution is 0.501. The first kappa shape index (κ1) is 12.9. The monoisotopic (exact) mass is 246 g/mol. The maximum Gasteiger partial charge on any atom is 0.0588 e. The van der Waals surface area contributed by atoms with E-state index in [1.807, 2.05) is 23.1 Å². The predicted molar refractivity (Wildman–Crippen MR) is 73.2 cm³/mol. The Balaban J connectivity index is 1.83. The fourth-order valence-corrected chi connectivity index (χ4v) is 1.96. The molecule has 0 atom stereocenters. The van der Waals surface area contributed by atoms with Crippen LogP contribution in [0.3, 0.4) is 0 Å². The summed E-state index contributed by atoms with van der Waals surface area (Å²) >= 11 is 0. The highest BCUT2D eigenvalue weighted by molar-refractivity contribution is 5.06. The molecule has 0 aliphatic carbocycles. The molecular formula is C14H22N4. The minimum absolute atomic E-state index is 0.692. The molecule has 0 saturated heterocycles. The van der Waals surface area contributed by atoms with Gasteiger partial charge in [0.2, 0.25) is 0 Å².